The summed E-state index contributed by atoms with van der Waals surface area (Å²) in [6, 6.07) is 6.22. The zero-order valence-corrected chi connectivity index (χ0v) is 12.5. The van der Waals surface area contributed by atoms with Crippen molar-refractivity contribution in [2.45, 2.75) is 57.8 Å². The minimum absolute atomic E-state index is 0.268. The lowest BCUT2D eigenvalue weighted by Crippen LogP contribution is -1.97. The van der Waals surface area contributed by atoms with Crippen LogP contribution in [0.2, 0.25) is 0 Å². The number of carboxylic acid groups (broad SMARTS) is 1. The molecule has 0 atom stereocenters. The van der Waals surface area contributed by atoms with Crippen molar-refractivity contribution in [1.29, 1.82) is 0 Å². The van der Waals surface area contributed by atoms with E-state index in [4.69, 9.17) is 9.84 Å². The van der Waals surface area contributed by atoms with Crippen LogP contribution in [-0.4, -0.2) is 17.7 Å². The average Bonchev–Trinajstić information content (AvgIpc) is 2.44. The summed E-state index contributed by atoms with van der Waals surface area (Å²) >= 11 is 0. The minimum Gasteiger partial charge on any atom is -0.493 e. The number of carbonyl (C=O) groups is 1. The summed E-state index contributed by atoms with van der Waals surface area (Å²) in [6.07, 6.45) is 8.83. The lowest BCUT2D eigenvalue weighted by atomic mass is 10.1. The van der Waals surface area contributed by atoms with E-state index in [0.29, 0.717) is 12.4 Å². The van der Waals surface area contributed by atoms with Crippen LogP contribution in [0.3, 0.4) is 0 Å². The molecule has 3 nitrogen and oxygen atoms in total. The smallest absolute Gasteiger partial charge is 0.303 e. The highest BCUT2D eigenvalue weighted by Gasteiger charge is 1.98. The van der Waals surface area contributed by atoms with E-state index in [1.54, 1.807) is 12.1 Å². The van der Waals surface area contributed by atoms with Crippen LogP contribution >= 0.6 is 0 Å². The molecule has 0 aliphatic rings. The maximum Gasteiger partial charge on any atom is 0.303 e. The molecule has 0 radical (unpaired) electrons. The van der Waals surface area contributed by atoms with Crippen LogP contribution in [0.5, 0.6) is 5.75 Å². The topological polar surface area (TPSA) is 46.5 Å². The van der Waals surface area contributed by atoms with Crippen molar-refractivity contribution in [3.05, 3.63) is 30.1 Å². The fourth-order valence-corrected chi connectivity index (χ4v) is 2.19. The Balaban J connectivity index is 1.86. The van der Waals surface area contributed by atoms with E-state index in [9.17, 15) is 9.18 Å². The second-order valence-corrected chi connectivity index (χ2v) is 5.28. The third-order valence-corrected chi connectivity index (χ3v) is 3.35. The lowest BCUT2D eigenvalue weighted by molar-refractivity contribution is -0.137. The van der Waals surface area contributed by atoms with Gasteiger partial charge in [0.05, 0.1) is 6.61 Å². The van der Waals surface area contributed by atoms with Gasteiger partial charge < -0.3 is 9.84 Å². The van der Waals surface area contributed by atoms with Crippen LogP contribution in [0.4, 0.5) is 4.39 Å². The van der Waals surface area contributed by atoms with E-state index in [1.807, 2.05) is 0 Å². The maximum atomic E-state index is 12.9. The number of carboxylic acids is 1. The van der Waals surface area contributed by atoms with Crippen LogP contribution in [0.25, 0.3) is 0 Å². The number of halogens is 1. The van der Waals surface area contributed by atoms with Gasteiger partial charge in [0.15, 0.2) is 0 Å². The largest absolute Gasteiger partial charge is 0.493 e. The van der Waals surface area contributed by atoms with Gasteiger partial charge in [-0.1, -0.05) is 44.6 Å². The summed E-state index contributed by atoms with van der Waals surface area (Å²) in [4.78, 5) is 10.3. The molecule has 1 aromatic rings. The summed E-state index contributed by atoms with van der Waals surface area (Å²) in [5, 5.41) is 8.50. The van der Waals surface area contributed by atoms with Gasteiger partial charge in [0.1, 0.15) is 11.6 Å². The van der Waals surface area contributed by atoms with Crippen molar-refractivity contribution in [2.75, 3.05) is 6.61 Å². The molecule has 0 spiro atoms. The molecule has 0 bridgehead atoms. The Labute approximate surface area is 126 Å². The van der Waals surface area contributed by atoms with E-state index >= 15 is 0 Å². The van der Waals surface area contributed by atoms with Gasteiger partial charge in [-0.2, -0.15) is 0 Å². The Bertz CT molecular complexity index is 407. The lowest BCUT2D eigenvalue weighted by Gasteiger charge is -2.06. The molecule has 4 heteroatoms. The van der Waals surface area contributed by atoms with Crippen molar-refractivity contribution in [3.63, 3.8) is 0 Å². The second kappa shape index (κ2) is 11.1. The summed E-state index contributed by atoms with van der Waals surface area (Å²) in [6.45, 7) is 0.627. The van der Waals surface area contributed by atoms with E-state index < -0.39 is 5.97 Å². The molecule has 1 aromatic carbocycles. The van der Waals surface area contributed by atoms with Crippen LogP contribution < -0.4 is 4.74 Å². The molecule has 0 fully saturated rings. The van der Waals surface area contributed by atoms with E-state index in [0.717, 1.165) is 32.1 Å². The van der Waals surface area contributed by atoms with Gasteiger partial charge >= 0.3 is 5.97 Å². The fourth-order valence-electron chi connectivity index (χ4n) is 2.19. The maximum absolute atomic E-state index is 12.9. The molecule has 0 aromatic heterocycles. The number of hydrogen-bond donors (Lipinski definition) is 1. The summed E-state index contributed by atoms with van der Waals surface area (Å²) in [5.41, 5.74) is 0. The van der Waals surface area contributed by atoms with Crippen LogP contribution in [0.1, 0.15) is 57.8 Å². The Morgan fingerprint density at radius 2 is 1.62 bits per heavy atom. The number of hydrogen-bond acceptors (Lipinski definition) is 2. The molecule has 0 heterocycles. The predicted molar refractivity (Wildman–Crippen MR) is 81.1 cm³/mol. The second-order valence-electron chi connectivity index (χ2n) is 5.28. The molecule has 0 unspecified atom stereocenters. The first kappa shape index (κ1) is 17.5. The van der Waals surface area contributed by atoms with Gasteiger partial charge in [-0.05, 0) is 25.0 Å². The SMILES string of the molecule is O=C(O)CCCCCCCCCCOc1cccc(F)c1. The van der Waals surface area contributed by atoms with Crippen molar-refractivity contribution in [1.82, 2.24) is 0 Å². The first-order valence-corrected chi connectivity index (χ1v) is 7.78. The number of unbranched alkanes of at least 4 members (excludes halogenated alkanes) is 7. The highest BCUT2D eigenvalue weighted by Crippen LogP contribution is 2.13. The van der Waals surface area contributed by atoms with Gasteiger partial charge in [0.2, 0.25) is 0 Å². The zero-order chi connectivity index (χ0) is 15.3. The Kier molecular flexibility index (Phi) is 9.25. The molecular weight excluding hydrogens is 271 g/mol. The predicted octanol–water partition coefficient (Wildman–Crippen LogP) is 4.80. The number of aliphatic carboxylic acids is 1. The zero-order valence-electron chi connectivity index (χ0n) is 12.5. The van der Waals surface area contributed by atoms with Gasteiger partial charge in [0.25, 0.3) is 0 Å². The van der Waals surface area contributed by atoms with E-state index in [1.165, 1.54) is 31.4 Å². The van der Waals surface area contributed by atoms with Gasteiger partial charge in [-0.25, -0.2) is 4.39 Å². The number of benzene rings is 1. The molecule has 0 aliphatic heterocycles. The first-order chi connectivity index (χ1) is 10.2. The van der Waals surface area contributed by atoms with Crippen LogP contribution in [0.15, 0.2) is 24.3 Å². The monoisotopic (exact) mass is 296 g/mol. The van der Waals surface area contributed by atoms with Gasteiger partial charge in [0, 0.05) is 12.5 Å². The van der Waals surface area contributed by atoms with Gasteiger partial charge in [-0.3, -0.25) is 4.79 Å². The third kappa shape index (κ3) is 9.88. The Hall–Kier alpha value is -1.58. The molecular formula is C17H25FO3. The quantitative estimate of drug-likeness (QED) is 0.563. The first-order valence-electron chi connectivity index (χ1n) is 7.78. The average molecular weight is 296 g/mol. The molecule has 1 rings (SSSR count). The molecule has 0 saturated heterocycles. The van der Waals surface area contributed by atoms with E-state index in [2.05, 4.69) is 0 Å². The van der Waals surface area contributed by atoms with Crippen molar-refractivity contribution < 1.29 is 19.0 Å². The van der Waals surface area contributed by atoms with Crippen LogP contribution in [0, 0.1) is 5.82 Å². The summed E-state index contributed by atoms with van der Waals surface area (Å²) in [5.74, 6) is -0.378. The molecule has 21 heavy (non-hydrogen) atoms. The van der Waals surface area contributed by atoms with Crippen molar-refractivity contribution in [2.24, 2.45) is 0 Å². The third-order valence-electron chi connectivity index (χ3n) is 3.35. The number of rotatable bonds is 12. The molecule has 118 valence electrons. The minimum atomic E-state index is -0.701. The highest BCUT2D eigenvalue weighted by molar-refractivity contribution is 5.66. The van der Waals surface area contributed by atoms with Crippen molar-refractivity contribution >= 4 is 5.97 Å². The Morgan fingerprint density at radius 3 is 2.24 bits per heavy atom. The highest BCUT2D eigenvalue weighted by atomic mass is 19.1. The standard InChI is InChI=1S/C17H25FO3/c18-15-10-9-11-16(14-15)21-13-8-6-4-2-1-3-5-7-12-17(19)20/h9-11,14H,1-8,12-13H2,(H,19,20). The number of ether oxygens (including phenoxy) is 1. The van der Waals surface area contributed by atoms with E-state index in [-0.39, 0.29) is 12.2 Å². The molecule has 0 saturated carbocycles. The molecule has 1 N–H and O–H groups in total. The molecule has 0 aliphatic carbocycles. The van der Waals surface area contributed by atoms with Gasteiger partial charge in [-0.15, -0.1) is 0 Å². The summed E-state index contributed by atoms with van der Waals surface area (Å²) < 4.78 is 18.4. The molecule has 0 amide bonds. The summed E-state index contributed by atoms with van der Waals surface area (Å²) in [7, 11) is 0. The Morgan fingerprint density at radius 1 is 1.00 bits per heavy atom. The van der Waals surface area contributed by atoms with Crippen LogP contribution in [-0.2, 0) is 4.79 Å². The van der Waals surface area contributed by atoms with Crippen molar-refractivity contribution in [3.8, 4) is 5.75 Å². The normalized spacial score (nSPS) is 10.5. The fraction of sp³-hybridized carbons (Fsp3) is 0.588.